The summed E-state index contributed by atoms with van der Waals surface area (Å²) in [5.41, 5.74) is 3.73. The first-order valence-corrected chi connectivity index (χ1v) is 9.89. The lowest BCUT2D eigenvalue weighted by atomic mass is 10.1. The van der Waals surface area contributed by atoms with E-state index in [1.54, 1.807) is 4.90 Å². The molecule has 7 heteroatoms. The predicted molar refractivity (Wildman–Crippen MR) is 111 cm³/mol. The topological polar surface area (TPSA) is 84.6 Å². The lowest BCUT2D eigenvalue weighted by Gasteiger charge is -2.25. The molecule has 1 amide bonds. The van der Waals surface area contributed by atoms with Crippen LogP contribution < -0.4 is 0 Å². The van der Waals surface area contributed by atoms with Crippen LogP contribution in [0, 0.1) is 11.3 Å². The molecule has 2 aliphatic rings. The molecule has 6 nitrogen and oxygen atoms in total. The van der Waals surface area contributed by atoms with E-state index in [0.29, 0.717) is 17.4 Å². The number of hydrogen-bond donors (Lipinski definition) is 1. The fourth-order valence-electron chi connectivity index (χ4n) is 3.64. The number of carbonyl (C=O) groups is 1. The predicted octanol–water partition coefficient (Wildman–Crippen LogP) is 3.63. The molecule has 3 heterocycles. The Morgan fingerprint density at radius 1 is 1.18 bits per heavy atom. The number of fused-ring (bicyclic) bond motifs is 4. The van der Waals surface area contributed by atoms with Crippen LogP contribution in [0.4, 0.5) is 5.69 Å². The molecule has 0 aliphatic carbocycles. The molecule has 1 N–H and O–H groups in total. The summed E-state index contributed by atoms with van der Waals surface area (Å²) in [5.74, 6) is 0.755. The zero-order valence-electron chi connectivity index (χ0n) is 14.8. The van der Waals surface area contributed by atoms with Gasteiger partial charge in [0.25, 0.3) is 5.91 Å². The maximum Gasteiger partial charge on any atom is 0.259 e. The maximum atomic E-state index is 13.2. The monoisotopic (exact) mass is 385 g/mol. The molecule has 2 aromatic carbocycles. The Hall–Kier alpha value is -3.37. The summed E-state index contributed by atoms with van der Waals surface area (Å²) >= 11 is 1.26. The molecular weight excluding hydrogens is 370 g/mol. The second kappa shape index (κ2) is 6.66. The van der Waals surface area contributed by atoms with Gasteiger partial charge in [-0.3, -0.25) is 9.79 Å². The fourth-order valence-corrected chi connectivity index (χ4v) is 4.30. The zero-order valence-corrected chi connectivity index (χ0v) is 15.6. The summed E-state index contributed by atoms with van der Waals surface area (Å²) in [6, 6.07) is 17.3. The van der Waals surface area contributed by atoms with Crippen molar-refractivity contribution in [2.45, 2.75) is 12.5 Å². The quantitative estimate of drug-likeness (QED) is 0.747. The Morgan fingerprint density at radius 3 is 2.89 bits per heavy atom. The number of aromatic nitrogens is 1. The van der Waals surface area contributed by atoms with Crippen LogP contribution in [0.3, 0.4) is 0 Å². The van der Waals surface area contributed by atoms with Gasteiger partial charge in [0.05, 0.1) is 17.5 Å². The third kappa shape index (κ3) is 2.62. The Labute approximate surface area is 165 Å². The van der Waals surface area contributed by atoms with Gasteiger partial charge in [-0.2, -0.15) is 5.26 Å². The number of thioether (sulfide) groups is 1. The molecule has 0 spiro atoms. The highest BCUT2D eigenvalue weighted by Gasteiger charge is 2.41. The van der Waals surface area contributed by atoms with Crippen molar-refractivity contribution < 1.29 is 4.79 Å². The van der Waals surface area contributed by atoms with Gasteiger partial charge in [0.2, 0.25) is 0 Å². The second-order valence-electron chi connectivity index (χ2n) is 6.56. The SMILES string of the molecule is N#CCSC1=Nc2ccccc2C2=NC(Cc3c[nH]c4ccccc34)C(=O)N12. The van der Waals surface area contributed by atoms with E-state index < -0.39 is 6.04 Å². The van der Waals surface area contributed by atoms with Crippen molar-refractivity contribution in [3.63, 3.8) is 0 Å². The summed E-state index contributed by atoms with van der Waals surface area (Å²) in [6.07, 6.45) is 2.46. The molecule has 5 rings (SSSR count). The summed E-state index contributed by atoms with van der Waals surface area (Å²) in [7, 11) is 0. The number of carbonyl (C=O) groups excluding carboxylic acids is 1. The van der Waals surface area contributed by atoms with Crippen LogP contribution in [0.15, 0.2) is 64.7 Å². The number of nitrogens with zero attached hydrogens (tertiary/aromatic N) is 4. The van der Waals surface area contributed by atoms with Gasteiger partial charge in [-0.15, -0.1) is 0 Å². The van der Waals surface area contributed by atoms with Gasteiger partial charge in [-0.05, 0) is 23.8 Å². The van der Waals surface area contributed by atoms with Gasteiger partial charge in [-0.25, -0.2) is 9.89 Å². The largest absolute Gasteiger partial charge is 0.361 e. The third-order valence-corrected chi connectivity index (χ3v) is 5.71. The number of benzene rings is 2. The minimum Gasteiger partial charge on any atom is -0.361 e. The first kappa shape index (κ1) is 16.8. The number of aromatic amines is 1. The molecule has 1 unspecified atom stereocenters. The number of para-hydroxylation sites is 2. The molecule has 0 radical (unpaired) electrons. The number of amidine groups is 2. The molecule has 0 bridgehead atoms. The average molecular weight is 385 g/mol. The molecule has 0 fully saturated rings. The number of nitrogens with one attached hydrogen (secondary N) is 1. The van der Waals surface area contributed by atoms with Crippen molar-refractivity contribution >= 4 is 45.3 Å². The molecule has 0 saturated heterocycles. The van der Waals surface area contributed by atoms with Gasteiger partial charge in [0.1, 0.15) is 11.9 Å². The van der Waals surface area contributed by atoms with Crippen molar-refractivity contribution in [2.24, 2.45) is 9.98 Å². The molecule has 1 aromatic heterocycles. The Kier molecular flexibility index (Phi) is 3.99. The van der Waals surface area contributed by atoms with Crippen LogP contribution in [0.1, 0.15) is 11.1 Å². The van der Waals surface area contributed by atoms with Crippen LogP contribution in [0.25, 0.3) is 10.9 Å². The van der Waals surface area contributed by atoms with Crippen molar-refractivity contribution in [3.8, 4) is 6.07 Å². The number of amides is 1. The van der Waals surface area contributed by atoms with Gasteiger partial charge in [0.15, 0.2) is 5.17 Å². The Morgan fingerprint density at radius 2 is 2.00 bits per heavy atom. The van der Waals surface area contributed by atoms with E-state index in [-0.39, 0.29) is 11.7 Å². The highest BCUT2D eigenvalue weighted by Crippen LogP contribution is 2.34. The van der Waals surface area contributed by atoms with Gasteiger partial charge in [-0.1, -0.05) is 42.1 Å². The van der Waals surface area contributed by atoms with E-state index in [1.807, 2.05) is 54.7 Å². The average Bonchev–Trinajstić information content (AvgIpc) is 3.28. The van der Waals surface area contributed by atoms with Crippen molar-refractivity contribution in [1.29, 1.82) is 5.26 Å². The summed E-state index contributed by atoms with van der Waals surface area (Å²) in [4.78, 5) is 27.4. The van der Waals surface area contributed by atoms with Crippen LogP contribution in [0.5, 0.6) is 0 Å². The second-order valence-corrected chi connectivity index (χ2v) is 7.51. The Bertz CT molecular complexity index is 1200. The smallest absolute Gasteiger partial charge is 0.259 e. The fraction of sp³-hybridized carbons (Fsp3) is 0.143. The minimum atomic E-state index is -0.506. The van der Waals surface area contributed by atoms with E-state index in [0.717, 1.165) is 27.7 Å². The van der Waals surface area contributed by atoms with E-state index in [1.165, 1.54) is 11.8 Å². The van der Waals surface area contributed by atoms with Crippen LogP contribution in [-0.4, -0.2) is 38.6 Å². The van der Waals surface area contributed by atoms with Gasteiger partial charge < -0.3 is 4.98 Å². The molecule has 1 atom stereocenters. The van der Waals surface area contributed by atoms with Crippen LogP contribution in [0.2, 0.25) is 0 Å². The number of hydrogen-bond acceptors (Lipinski definition) is 5. The van der Waals surface area contributed by atoms with E-state index in [9.17, 15) is 4.79 Å². The summed E-state index contributed by atoms with van der Waals surface area (Å²) in [5, 5.41) is 10.6. The Balaban J connectivity index is 1.54. The zero-order chi connectivity index (χ0) is 19.1. The van der Waals surface area contributed by atoms with Gasteiger partial charge in [0, 0.05) is 29.1 Å². The van der Waals surface area contributed by atoms with Crippen molar-refractivity contribution in [2.75, 3.05) is 5.75 Å². The molecule has 136 valence electrons. The number of aliphatic imine (C=N–C) groups is 2. The van der Waals surface area contributed by atoms with Crippen molar-refractivity contribution in [3.05, 3.63) is 65.9 Å². The molecule has 0 saturated carbocycles. The first-order valence-electron chi connectivity index (χ1n) is 8.91. The summed E-state index contributed by atoms with van der Waals surface area (Å²) in [6.45, 7) is 0. The van der Waals surface area contributed by atoms with E-state index in [2.05, 4.69) is 16.0 Å². The van der Waals surface area contributed by atoms with Crippen LogP contribution >= 0.6 is 11.8 Å². The summed E-state index contributed by atoms with van der Waals surface area (Å²) < 4.78 is 0. The third-order valence-electron chi connectivity index (χ3n) is 4.90. The number of rotatable bonds is 3. The highest BCUT2D eigenvalue weighted by atomic mass is 32.2. The normalized spacial score (nSPS) is 17.8. The van der Waals surface area contributed by atoms with E-state index >= 15 is 0 Å². The number of H-pyrrole nitrogens is 1. The van der Waals surface area contributed by atoms with E-state index in [4.69, 9.17) is 10.3 Å². The van der Waals surface area contributed by atoms with Gasteiger partial charge >= 0.3 is 0 Å². The minimum absolute atomic E-state index is 0.0982. The first-order chi connectivity index (χ1) is 13.8. The molecule has 2 aliphatic heterocycles. The lowest BCUT2D eigenvalue weighted by Crippen LogP contribution is -2.41. The molecular formula is C21H15N5OS. The van der Waals surface area contributed by atoms with Crippen LogP contribution in [-0.2, 0) is 11.2 Å². The standard InChI is InChI=1S/C21H15N5OS/c22-9-10-28-21-25-17-8-4-2-6-15(17)19-24-18(20(27)26(19)21)11-13-12-23-16-7-3-1-5-14(13)16/h1-8,12,18,23H,10-11H2. The highest BCUT2D eigenvalue weighted by molar-refractivity contribution is 8.14. The lowest BCUT2D eigenvalue weighted by molar-refractivity contribution is -0.124. The molecule has 3 aromatic rings. The molecule has 28 heavy (non-hydrogen) atoms. The maximum absolute atomic E-state index is 13.2. The van der Waals surface area contributed by atoms with Crippen molar-refractivity contribution in [1.82, 2.24) is 9.88 Å². The number of nitriles is 1.